The summed E-state index contributed by atoms with van der Waals surface area (Å²) in [5, 5.41) is 0. The third-order valence-corrected chi connectivity index (χ3v) is 4.99. The lowest BCUT2D eigenvalue weighted by Crippen LogP contribution is -2.40. The van der Waals surface area contributed by atoms with E-state index in [1.54, 1.807) is 13.8 Å². The standard InChI is InChI=1S/C18H26O4/c1-6-21-16(19)18(17(20)22-7-2)9-14-12(5)8-13(11(3)4)15(14)10-18/h14-15H,5-10H2,1-4H3/t14-,15-/m0/s1. The molecule has 0 spiro atoms. The molecule has 2 saturated carbocycles. The van der Waals surface area contributed by atoms with Crippen LogP contribution in [0.15, 0.2) is 23.3 Å². The van der Waals surface area contributed by atoms with Gasteiger partial charge in [-0.3, -0.25) is 9.59 Å². The Morgan fingerprint density at radius 1 is 1.09 bits per heavy atom. The van der Waals surface area contributed by atoms with Crippen molar-refractivity contribution >= 4 is 11.9 Å². The van der Waals surface area contributed by atoms with Gasteiger partial charge in [-0.2, -0.15) is 0 Å². The number of carbonyl (C=O) groups is 2. The van der Waals surface area contributed by atoms with Crippen LogP contribution in [0.3, 0.4) is 0 Å². The molecule has 0 unspecified atom stereocenters. The predicted octanol–water partition coefficient (Wildman–Crippen LogP) is 3.42. The molecule has 0 radical (unpaired) electrons. The fourth-order valence-electron chi connectivity index (χ4n) is 3.92. The molecule has 4 heteroatoms. The molecule has 2 rings (SSSR count). The minimum atomic E-state index is -1.16. The molecule has 2 fully saturated rings. The van der Waals surface area contributed by atoms with E-state index in [2.05, 4.69) is 20.4 Å². The highest BCUT2D eigenvalue weighted by Crippen LogP contribution is 2.58. The number of rotatable bonds is 4. The molecule has 0 amide bonds. The number of esters is 2. The molecule has 0 aromatic carbocycles. The molecular formula is C18H26O4. The molecule has 22 heavy (non-hydrogen) atoms. The van der Waals surface area contributed by atoms with Gasteiger partial charge in [-0.25, -0.2) is 0 Å². The number of fused-ring (bicyclic) bond motifs is 1. The van der Waals surface area contributed by atoms with Gasteiger partial charge in [-0.1, -0.05) is 23.3 Å². The van der Waals surface area contributed by atoms with Crippen molar-refractivity contribution in [1.82, 2.24) is 0 Å². The Hall–Kier alpha value is -1.58. The number of allylic oxidation sites excluding steroid dienone is 3. The first kappa shape index (κ1) is 16.8. The van der Waals surface area contributed by atoms with Crippen LogP contribution in [0.5, 0.6) is 0 Å². The number of hydrogen-bond donors (Lipinski definition) is 0. The molecule has 0 aromatic rings. The monoisotopic (exact) mass is 306 g/mol. The van der Waals surface area contributed by atoms with E-state index < -0.39 is 17.4 Å². The molecule has 122 valence electrons. The van der Waals surface area contributed by atoms with Gasteiger partial charge in [0.05, 0.1) is 13.2 Å². The Morgan fingerprint density at radius 2 is 1.59 bits per heavy atom. The van der Waals surface area contributed by atoms with Crippen molar-refractivity contribution in [2.75, 3.05) is 13.2 Å². The third kappa shape index (κ3) is 2.59. The molecule has 4 nitrogen and oxygen atoms in total. The normalized spacial score (nSPS) is 25.8. The SMILES string of the molecule is C=C1CC(=C(C)C)[C@@H]2CC(C(=O)OCC)(C(=O)OCC)C[C@@H]12. The van der Waals surface area contributed by atoms with Gasteiger partial charge in [0.2, 0.25) is 0 Å². The first-order chi connectivity index (χ1) is 10.4. The lowest BCUT2D eigenvalue weighted by molar-refractivity contribution is -0.172. The lowest BCUT2D eigenvalue weighted by Gasteiger charge is -2.25. The van der Waals surface area contributed by atoms with Crippen molar-refractivity contribution < 1.29 is 19.1 Å². The van der Waals surface area contributed by atoms with Crippen molar-refractivity contribution in [3.05, 3.63) is 23.3 Å². The van der Waals surface area contributed by atoms with E-state index in [1.807, 2.05) is 0 Å². The van der Waals surface area contributed by atoms with Gasteiger partial charge < -0.3 is 9.47 Å². The van der Waals surface area contributed by atoms with Crippen LogP contribution in [0.4, 0.5) is 0 Å². The van der Waals surface area contributed by atoms with Crippen molar-refractivity contribution in [2.24, 2.45) is 17.3 Å². The molecular weight excluding hydrogens is 280 g/mol. The molecule has 0 N–H and O–H groups in total. The van der Waals surface area contributed by atoms with Gasteiger partial charge in [0.1, 0.15) is 0 Å². The maximum Gasteiger partial charge on any atom is 0.323 e. The summed E-state index contributed by atoms with van der Waals surface area (Å²) in [6.07, 6.45) is 1.83. The first-order valence-electron chi connectivity index (χ1n) is 8.05. The summed E-state index contributed by atoms with van der Waals surface area (Å²) >= 11 is 0. The van der Waals surface area contributed by atoms with Crippen LogP contribution in [-0.4, -0.2) is 25.2 Å². The molecule has 0 heterocycles. The predicted molar refractivity (Wildman–Crippen MR) is 84.0 cm³/mol. The summed E-state index contributed by atoms with van der Waals surface area (Å²) in [5.41, 5.74) is 2.55. The lowest BCUT2D eigenvalue weighted by atomic mass is 9.82. The molecule has 0 aromatic heterocycles. The maximum absolute atomic E-state index is 12.5. The first-order valence-corrected chi connectivity index (χ1v) is 8.05. The highest BCUT2D eigenvalue weighted by Gasteiger charge is 2.60. The summed E-state index contributed by atoms with van der Waals surface area (Å²) in [6, 6.07) is 0. The molecule has 0 bridgehead atoms. The summed E-state index contributed by atoms with van der Waals surface area (Å²) in [5.74, 6) is -0.488. The fraction of sp³-hybridized carbons (Fsp3) is 0.667. The Bertz CT molecular complexity index is 507. The van der Waals surface area contributed by atoms with E-state index in [4.69, 9.17) is 9.47 Å². The van der Waals surface area contributed by atoms with Crippen molar-refractivity contribution in [1.29, 1.82) is 0 Å². The minimum Gasteiger partial charge on any atom is -0.465 e. The summed E-state index contributed by atoms with van der Waals surface area (Å²) in [7, 11) is 0. The topological polar surface area (TPSA) is 52.6 Å². The largest absolute Gasteiger partial charge is 0.465 e. The van der Waals surface area contributed by atoms with Gasteiger partial charge in [0.25, 0.3) is 0 Å². The fourth-order valence-corrected chi connectivity index (χ4v) is 3.92. The smallest absolute Gasteiger partial charge is 0.323 e. The molecule has 2 atom stereocenters. The molecule has 2 aliphatic rings. The van der Waals surface area contributed by atoms with E-state index in [0.717, 1.165) is 12.0 Å². The van der Waals surface area contributed by atoms with E-state index in [0.29, 0.717) is 12.8 Å². The maximum atomic E-state index is 12.5. The average Bonchev–Trinajstić information content (AvgIpc) is 2.98. The van der Waals surface area contributed by atoms with Crippen LogP contribution in [0, 0.1) is 17.3 Å². The minimum absolute atomic E-state index is 0.179. The van der Waals surface area contributed by atoms with Crippen LogP contribution in [0.1, 0.15) is 47.0 Å². The number of hydrogen-bond acceptors (Lipinski definition) is 4. The second kappa shape index (κ2) is 6.27. The van der Waals surface area contributed by atoms with Crippen LogP contribution in [0.2, 0.25) is 0 Å². The zero-order chi connectivity index (χ0) is 16.5. The Balaban J connectivity index is 2.38. The van der Waals surface area contributed by atoms with Crippen molar-refractivity contribution in [2.45, 2.75) is 47.0 Å². The van der Waals surface area contributed by atoms with Crippen molar-refractivity contribution in [3.63, 3.8) is 0 Å². The van der Waals surface area contributed by atoms with Gasteiger partial charge >= 0.3 is 11.9 Å². The highest BCUT2D eigenvalue weighted by atomic mass is 16.6. The summed E-state index contributed by atoms with van der Waals surface area (Å²) < 4.78 is 10.4. The van der Waals surface area contributed by atoms with Crippen LogP contribution < -0.4 is 0 Å². The second-order valence-corrected chi connectivity index (χ2v) is 6.50. The Morgan fingerprint density at radius 3 is 2.05 bits per heavy atom. The van der Waals surface area contributed by atoms with Gasteiger partial charge in [-0.05, 0) is 58.8 Å². The zero-order valence-corrected chi connectivity index (χ0v) is 14.0. The van der Waals surface area contributed by atoms with E-state index in [-0.39, 0.29) is 25.0 Å². The number of carbonyl (C=O) groups excluding carboxylic acids is 2. The van der Waals surface area contributed by atoms with Crippen molar-refractivity contribution in [3.8, 4) is 0 Å². The molecule has 0 aliphatic heterocycles. The molecule has 2 aliphatic carbocycles. The molecule has 0 saturated heterocycles. The van der Waals surface area contributed by atoms with Gasteiger partial charge in [-0.15, -0.1) is 0 Å². The quantitative estimate of drug-likeness (QED) is 0.454. The van der Waals surface area contributed by atoms with E-state index in [9.17, 15) is 9.59 Å². The zero-order valence-electron chi connectivity index (χ0n) is 14.0. The third-order valence-electron chi connectivity index (χ3n) is 4.99. The van der Waals surface area contributed by atoms with Crippen LogP contribution in [-0.2, 0) is 19.1 Å². The summed E-state index contributed by atoms with van der Waals surface area (Å²) in [4.78, 5) is 25.1. The Kier molecular flexibility index (Phi) is 4.78. The highest BCUT2D eigenvalue weighted by molar-refractivity contribution is 6.00. The second-order valence-electron chi connectivity index (χ2n) is 6.50. The van der Waals surface area contributed by atoms with Crippen LogP contribution >= 0.6 is 0 Å². The van der Waals surface area contributed by atoms with Crippen LogP contribution in [0.25, 0.3) is 0 Å². The van der Waals surface area contributed by atoms with E-state index >= 15 is 0 Å². The summed E-state index contributed by atoms with van der Waals surface area (Å²) in [6.45, 7) is 12.4. The Labute approximate surface area is 132 Å². The number of ether oxygens (including phenoxy) is 2. The van der Waals surface area contributed by atoms with Gasteiger partial charge in [0.15, 0.2) is 5.41 Å². The van der Waals surface area contributed by atoms with Gasteiger partial charge in [0, 0.05) is 0 Å². The van der Waals surface area contributed by atoms with E-state index in [1.165, 1.54) is 11.1 Å². The average molecular weight is 306 g/mol.